The summed E-state index contributed by atoms with van der Waals surface area (Å²) in [7, 11) is -3.59. The topological polar surface area (TPSA) is 61.8 Å². The highest BCUT2D eigenvalue weighted by atomic mass is 32.2. The summed E-state index contributed by atoms with van der Waals surface area (Å²) in [5, 5.41) is 0. The average molecular weight is 307 g/mol. The van der Waals surface area contributed by atoms with Crippen LogP contribution in [-0.2, 0) is 16.6 Å². The first kappa shape index (κ1) is 14.5. The lowest BCUT2D eigenvalue weighted by Gasteiger charge is -2.36. The van der Waals surface area contributed by atoms with Gasteiger partial charge in [0.2, 0.25) is 0 Å². The van der Waals surface area contributed by atoms with E-state index >= 15 is 0 Å². The Morgan fingerprint density at radius 3 is 2.71 bits per heavy atom. The van der Waals surface area contributed by atoms with E-state index in [1.54, 1.807) is 0 Å². The second kappa shape index (κ2) is 5.77. The monoisotopic (exact) mass is 307 g/mol. The van der Waals surface area contributed by atoms with Crippen LogP contribution in [0.2, 0.25) is 0 Å². The molecule has 1 N–H and O–H groups in total. The molecule has 0 amide bonds. The van der Waals surface area contributed by atoms with Crippen molar-refractivity contribution in [3.8, 4) is 0 Å². The molecule has 0 aromatic heterocycles. The lowest BCUT2D eigenvalue weighted by molar-refractivity contribution is 0.291. The average Bonchev–Trinajstić information content (AvgIpc) is 2.70. The van der Waals surface area contributed by atoms with E-state index in [-0.39, 0.29) is 6.17 Å². The van der Waals surface area contributed by atoms with Gasteiger partial charge in [0.1, 0.15) is 12.0 Å². The van der Waals surface area contributed by atoms with E-state index in [2.05, 4.69) is 33.1 Å². The van der Waals surface area contributed by atoms with Crippen molar-refractivity contribution in [1.29, 1.82) is 0 Å². The van der Waals surface area contributed by atoms with E-state index in [1.165, 1.54) is 5.56 Å². The Hall–Kier alpha value is -1.40. The predicted molar refractivity (Wildman–Crippen MR) is 83.2 cm³/mol. The van der Waals surface area contributed by atoms with Crippen LogP contribution in [-0.4, -0.2) is 25.7 Å². The molecule has 1 saturated heterocycles. The molecule has 0 bridgehead atoms. The highest BCUT2D eigenvalue weighted by Gasteiger charge is 2.33. The number of hydrogen-bond donors (Lipinski definition) is 1. The maximum Gasteiger partial charge on any atom is 0.323 e. The fourth-order valence-electron chi connectivity index (χ4n) is 2.94. The van der Waals surface area contributed by atoms with E-state index < -0.39 is 10.2 Å². The molecule has 2 aliphatic rings. The molecular formula is C15H21N3O2S. The molecule has 1 unspecified atom stereocenters. The SMILES string of the molecule is CCc1ccc(C2NS(=O)(=O)N=C3CCCCCN32)cc1. The van der Waals surface area contributed by atoms with Gasteiger partial charge in [-0.2, -0.15) is 13.1 Å². The summed E-state index contributed by atoms with van der Waals surface area (Å²) >= 11 is 0. The van der Waals surface area contributed by atoms with E-state index in [1.807, 2.05) is 12.1 Å². The van der Waals surface area contributed by atoms with Gasteiger partial charge in [0.25, 0.3) is 0 Å². The molecule has 6 heteroatoms. The third-order valence-corrected chi connectivity index (χ3v) is 5.10. The number of nitrogens with zero attached hydrogens (tertiary/aromatic N) is 2. The standard InChI is InChI=1S/C15H21N3O2S/c1-2-12-7-9-13(10-8-12)15-17-21(19,20)16-14-6-4-3-5-11-18(14)15/h7-10,15,17H,2-6,11H2,1H3. The van der Waals surface area contributed by atoms with Crippen molar-refractivity contribution in [2.45, 2.75) is 45.2 Å². The van der Waals surface area contributed by atoms with Crippen molar-refractivity contribution >= 4 is 16.0 Å². The zero-order chi connectivity index (χ0) is 14.9. The van der Waals surface area contributed by atoms with Crippen LogP contribution in [0.3, 0.4) is 0 Å². The van der Waals surface area contributed by atoms with Crippen molar-refractivity contribution in [2.24, 2.45) is 4.40 Å². The minimum Gasteiger partial charge on any atom is -0.339 e. The number of rotatable bonds is 2. The number of fused-ring (bicyclic) bond motifs is 1. The first-order valence-electron chi connectivity index (χ1n) is 7.55. The molecule has 5 nitrogen and oxygen atoms in total. The third-order valence-electron chi connectivity index (χ3n) is 4.13. The fourth-order valence-corrected chi connectivity index (χ4v) is 4.02. The van der Waals surface area contributed by atoms with Gasteiger partial charge in [0.05, 0.1) is 0 Å². The largest absolute Gasteiger partial charge is 0.339 e. The molecule has 2 aliphatic heterocycles. The van der Waals surface area contributed by atoms with Crippen LogP contribution in [0.4, 0.5) is 0 Å². The van der Waals surface area contributed by atoms with Gasteiger partial charge in [-0.25, -0.2) is 0 Å². The van der Waals surface area contributed by atoms with Crippen LogP contribution in [0, 0.1) is 0 Å². The Morgan fingerprint density at radius 1 is 1.24 bits per heavy atom. The van der Waals surface area contributed by atoms with E-state index in [0.29, 0.717) is 5.84 Å². The molecule has 1 aromatic carbocycles. The maximum atomic E-state index is 12.0. The summed E-state index contributed by atoms with van der Waals surface area (Å²) in [6, 6.07) is 8.15. The van der Waals surface area contributed by atoms with E-state index in [9.17, 15) is 8.42 Å². The van der Waals surface area contributed by atoms with Gasteiger partial charge < -0.3 is 4.90 Å². The number of hydrogen-bond acceptors (Lipinski definition) is 3. The molecular weight excluding hydrogens is 286 g/mol. The van der Waals surface area contributed by atoms with Crippen LogP contribution in [0.15, 0.2) is 28.7 Å². The number of nitrogens with one attached hydrogen (secondary N) is 1. The number of aryl methyl sites for hydroxylation is 1. The first-order valence-corrected chi connectivity index (χ1v) is 8.99. The number of amidine groups is 1. The number of benzene rings is 1. The summed E-state index contributed by atoms with van der Waals surface area (Å²) in [6.07, 6.45) is 4.59. The van der Waals surface area contributed by atoms with Gasteiger partial charge in [0.15, 0.2) is 0 Å². The van der Waals surface area contributed by atoms with E-state index in [4.69, 9.17) is 0 Å². The zero-order valence-electron chi connectivity index (χ0n) is 12.2. The van der Waals surface area contributed by atoms with Gasteiger partial charge in [0, 0.05) is 13.0 Å². The molecule has 1 fully saturated rings. The molecule has 0 radical (unpaired) electrons. The quantitative estimate of drug-likeness (QED) is 0.912. The third kappa shape index (κ3) is 3.11. The van der Waals surface area contributed by atoms with Gasteiger partial charge in [-0.05, 0) is 30.4 Å². The van der Waals surface area contributed by atoms with E-state index in [0.717, 1.165) is 44.2 Å². The minimum atomic E-state index is -3.59. The van der Waals surface area contributed by atoms with Gasteiger partial charge >= 0.3 is 10.2 Å². The maximum absolute atomic E-state index is 12.0. The van der Waals surface area contributed by atoms with Crippen LogP contribution in [0.25, 0.3) is 0 Å². The van der Waals surface area contributed by atoms with Crippen LogP contribution in [0.1, 0.15) is 49.9 Å². The Balaban J connectivity index is 1.97. The van der Waals surface area contributed by atoms with Gasteiger partial charge in [-0.1, -0.05) is 37.6 Å². The molecule has 2 heterocycles. The highest BCUT2D eigenvalue weighted by molar-refractivity contribution is 7.88. The fraction of sp³-hybridized carbons (Fsp3) is 0.533. The Morgan fingerprint density at radius 2 is 2.00 bits per heavy atom. The lowest BCUT2D eigenvalue weighted by atomic mass is 10.1. The summed E-state index contributed by atoms with van der Waals surface area (Å²) in [4.78, 5) is 2.11. The summed E-state index contributed by atoms with van der Waals surface area (Å²) in [6.45, 7) is 2.96. The van der Waals surface area contributed by atoms with Gasteiger partial charge in [-0.3, -0.25) is 0 Å². The highest BCUT2D eigenvalue weighted by Crippen LogP contribution is 2.28. The van der Waals surface area contributed by atoms with Crippen molar-refractivity contribution in [2.75, 3.05) is 6.54 Å². The zero-order valence-corrected chi connectivity index (χ0v) is 13.1. The van der Waals surface area contributed by atoms with Crippen molar-refractivity contribution in [3.05, 3.63) is 35.4 Å². The summed E-state index contributed by atoms with van der Waals surface area (Å²) in [5.41, 5.74) is 2.23. The molecule has 114 valence electrons. The molecule has 1 atom stereocenters. The summed E-state index contributed by atoms with van der Waals surface area (Å²) < 4.78 is 30.6. The molecule has 0 saturated carbocycles. The van der Waals surface area contributed by atoms with Crippen molar-refractivity contribution in [1.82, 2.24) is 9.62 Å². The second-order valence-electron chi connectivity index (χ2n) is 5.60. The molecule has 3 rings (SSSR count). The molecule has 1 aromatic rings. The van der Waals surface area contributed by atoms with Gasteiger partial charge in [-0.15, -0.1) is 4.40 Å². The lowest BCUT2D eigenvalue weighted by Crippen LogP contribution is -2.48. The molecule has 21 heavy (non-hydrogen) atoms. The minimum absolute atomic E-state index is 0.327. The Bertz CT molecular complexity index is 637. The Kier molecular flexibility index (Phi) is 3.99. The molecule has 0 aliphatic carbocycles. The second-order valence-corrected chi connectivity index (χ2v) is 6.97. The van der Waals surface area contributed by atoms with Crippen molar-refractivity contribution < 1.29 is 8.42 Å². The molecule has 0 spiro atoms. The smallest absolute Gasteiger partial charge is 0.323 e. The first-order chi connectivity index (χ1) is 10.1. The normalized spacial score (nSPS) is 24.9. The Labute approximate surface area is 126 Å². The van der Waals surface area contributed by atoms with Crippen LogP contribution < -0.4 is 4.72 Å². The van der Waals surface area contributed by atoms with Crippen LogP contribution >= 0.6 is 0 Å². The van der Waals surface area contributed by atoms with Crippen LogP contribution in [0.5, 0.6) is 0 Å². The predicted octanol–water partition coefficient (Wildman–Crippen LogP) is 2.37. The van der Waals surface area contributed by atoms with Crippen molar-refractivity contribution in [3.63, 3.8) is 0 Å². The summed E-state index contributed by atoms with van der Waals surface area (Å²) in [5.74, 6) is 0.704.